The normalized spacial score (nSPS) is 11.3. The predicted octanol–water partition coefficient (Wildman–Crippen LogP) is 3.63. The van der Waals surface area contributed by atoms with E-state index in [1.807, 2.05) is 5.32 Å². The molecule has 1 heterocycles. The molecule has 0 atom stereocenters. The van der Waals surface area contributed by atoms with Gasteiger partial charge in [-0.15, -0.1) is 0 Å². The van der Waals surface area contributed by atoms with Gasteiger partial charge in [-0.25, -0.2) is 0 Å². The molecule has 0 aliphatic rings. The number of pyridine rings is 1. The van der Waals surface area contributed by atoms with Crippen molar-refractivity contribution >= 4 is 11.6 Å². The van der Waals surface area contributed by atoms with Crippen molar-refractivity contribution in [1.29, 1.82) is 0 Å². The van der Waals surface area contributed by atoms with Crippen LogP contribution in [0.3, 0.4) is 0 Å². The third kappa shape index (κ3) is 3.33. The number of amides is 1. The molecule has 0 spiro atoms. The molecule has 0 aliphatic heterocycles. The van der Waals surface area contributed by atoms with Gasteiger partial charge in [0.05, 0.1) is 16.8 Å². The zero-order valence-electron chi connectivity index (χ0n) is 10.2. The maximum atomic E-state index is 13.3. The van der Waals surface area contributed by atoms with E-state index in [2.05, 4.69) is 4.98 Å². The largest absolute Gasteiger partial charge is 0.417 e. The summed E-state index contributed by atoms with van der Waals surface area (Å²) in [7, 11) is 0. The maximum Gasteiger partial charge on any atom is 0.417 e. The first-order valence-electron chi connectivity index (χ1n) is 5.58. The minimum Gasteiger partial charge on any atom is -0.318 e. The van der Waals surface area contributed by atoms with Crippen LogP contribution in [0.4, 0.5) is 27.6 Å². The second kappa shape index (κ2) is 5.47. The van der Waals surface area contributed by atoms with E-state index in [1.165, 1.54) is 6.07 Å². The highest BCUT2D eigenvalue weighted by atomic mass is 19.4. The molecule has 1 aromatic carbocycles. The van der Waals surface area contributed by atoms with Gasteiger partial charge in [0.2, 0.25) is 11.9 Å². The Hall–Kier alpha value is -2.51. The van der Waals surface area contributed by atoms with Crippen molar-refractivity contribution in [3.05, 3.63) is 59.4 Å². The molecule has 8 heteroatoms. The van der Waals surface area contributed by atoms with Gasteiger partial charge >= 0.3 is 6.18 Å². The second-order valence-electron chi connectivity index (χ2n) is 3.97. The molecule has 21 heavy (non-hydrogen) atoms. The van der Waals surface area contributed by atoms with Crippen molar-refractivity contribution in [3.63, 3.8) is 0 Å². The number of benzene rings is 1. The van der Waals surface area contributed by atoms with E-state index >= 15 is 0 Å². The lowest BCUT2D eigenvalue weighted by Gasteiger charge is -2.12. The Morgan fingerprint density at radius 2 is 1.71 bits per heavy atom. The third-order valence-electron chi connectivity index (χ3n) is 2.54. The van der Waals surface area contributed by atoms with Crippen LogP contribution in [-0.2, 0) is 6.18 Å². The van der Waals surface area contributed by atoms with E-state index < -0.39 is 40.8 Å². The summed E-state index contributed by atoms with van der Waals surface area (Å²) in [6.45, 7) is 0. The summed E-state index contributed by atoms with van der Waals surface area (Å²) in [4.78, 5) is 14.6. The van der Waals surface area contributed by atoms with Gasteiger partial charge in [-0.3, -0.25) is 4.79 Å². The minimum absolute atomic E-state index is 0.515. The quantitative estimate of drug-likeness (QED) is 0.680. The van der Waals surface area contributed by atoms with Crippen molar-refractivity contribution < 1.29 is 26.7 Å². The molecule has 1 N–H and O–H groups in total. The number of rotatable bonds is 2. The first-order chi connectivity index (χ1) is 9.79. The number of carbonyl (C=O) groups is 1. The number of nitrogens with zero attached hydrogens (tertiary/aromatic N) is 1. The topological polar surface area (TPSA) is 42.0 Å². The molecule has 0 aliphatic carbocycles. The molecular formula is C13H7F5N2O. The van der Waals surface area contributed by atoms with Crippen LogP contribution in [0.25, 0.3) is 0 Å². The van der Waals surface area contributed by atoms with Crippen molar-refractivity contribution in [2.45, 2.75) is 6.18 Å². The molecule has 0 radical (unpaired) electrons. The fraction of sp³-hybridized carbons (Fsp3) is 0.0769. The van der Waals surface area contributed by atoms with Gasteiger partial charge in [-0.2, -0.15) is 26.9 Å². The third-order valence-corrected chi connectivity index (χ3v) is 2.54. The number of nitrogens with one attached hydrogen (secondary N) is 1. The van der Waals surface area contributed by atoms with Gasteiger partial charge in [0, 0.05) is 0 Å². The van der Waals surface area contributed by atoms with E-state index in [0.717, 1.165) is 30.3 Å². The second-order valence-corrected chi connectivity index (χ2v) is 3.97. The SMILES string of the molecule is O=C(Nc1ccc(F)nc1F)c1ccccc1C(F)(F)F. The van der Waals surface area contributed by atoms with E-state index in [9.17, 15) is 26.7 Å². The summed E-state index contributed by atoms with van der Waals surface area (Å²) >= 11 is 0. The first kappa shape index (κ1) is 14.9. The highest BCUT2D eigenvalue weighted by Gasteiger charge is 2.34. The van der Waals surface area contributed by atoms with Crippen LogP contribution in [0.2, 0.25) is 0 Å². The number of aromatic nitrogens is 1. The molecule has 1 amide bonds. The van der Waals surface area contributed by atoms with Gasteiger partial charge in [0.25, 0.3) is 5.91 Å². The highest BCUT2D eigenvalue weighted by Crippen LogP contribution is 2.32. The van der Waals surface area contributed by atoms with Gasteiger partial charge in [-0.05, 0) is 24.3 Å². The van der Waals surface area contributed by atoms with Gasteiger partial charge in [-0.1, -0.05) is 12.1 Å². The van der Waals surface area contributed by atoms with Crippen LogP contribution < -0.4 is 5.32 Å². The molecular weight excluding hydrogens is 295 g/mol. The Bertz CT molecular complexity index is 685. The van der Waals surface area contributed by atoms with Crippen molar-refractivity contribution in [2.75, 3.05) is 5.32 Å². The van der Waals surface area contributed by atoms with E-state index in [1.54, 1.807) is 0 Å². The average molecular weight is 302 g/mol. The van der Waals surface area contributed by atoms with Crippen molar-refractivity contribution in [1.82, 2.24) is 4.98 Å². The van der Waals surface area contributed by atoms with E-state index in [0.29, 0.717) is 0 Å². The predicted molar refractivity (Wildman–Crippen MR) is 63.6 cm³/mol. The monoisotopic (exact) mass is 302 g/mol. The molecule has 0 saturated carbocycles. The fourth-order valence-electron chi connectivity index (χ4n) is 1.62. The minimum atomic E-state index is -4.73. The number of hydrogen-bond acceptors (Lipinski definition) is 2. The van der Waals surface area contributed by atoms with Gasteiger partial charge in [0.15, 0.2) is 0 Å². The van der Waals surface area contributed by atoms with E-state index in [-0.39, 0.29) is 0 Å². The molecule has 2 aromatic rings. The Morgan fingerprint density at radius 1 is 1.05 bits per heavy atom. The van der Waals surface area contributed by atoms with Crippen LogP contribution in [0, 0.1) is 11.9 Å². The lowest BCUT2D eigenvalue weighted by Crippen LogP contribution is -2.19. The van der Waals surface area contributed by atoms with Crippen LogP contribution in [-0.4, -0.2) is 10.9 Å². The molecule has 0 bridgehead atoms. The van der Waals surface area contributed by atoms with Crippen LogP contribution >= 0.6 is 0 Å². The molecule has 0 saturated heterocycles. The number of carbonyl (C=O) groups excluding carboxylic acids is 1. The van der Waals surface area contributed by atoms with Crippen LogP contribution in [0.1, 0.15) is 15.9 Å². The lowest BCUT2D eigenvalue weighted by molar-refractivity contribution is -0.137. The summed E-state index contributed by atoms with van der Waals surface area (Å²) in [5, 5.41) is 1.92. The molecule has 1 aromatic heterocycles. The summed E-state index contributed by atoms with van der Waals surface area (Å²) in [5.41, 5.74) is -2.34. The van der Waals surface area contributed by atoms with Crippen molar-refractivity contribution in [3.8, 4) is 0 Å². The zero-order chi connectivity index (χ0) is 15.6. The maximum absolute atomic E-state index is 13.3. The molecule has 2 rings (SSSR count). The standard InChI is InChI=1S/C13H7F5N2O/c14-10-6-5-9(11(15)20-10)19-12(21)7-3-1-2-4-8(7)13(16,17)18/h1-6H,(H,19,21). The Morgan fingerprint density at radius 3 is 2.33 bits per heavy atom. The summed E-state index contributed by atoms with van der Waals surface area (Å²) in [6, 6.07) is 5.68. The van der Waals surface area contributed by atoms with Gasteiger partial charge in [0.1, 0.15) is 0 Å². The Kier molecular flexibility index (Phi) is 3.88. The Labute approximate surface area is 115 Å². The molecule has 110 valence electrons. The lowest BCUT2D eigenvalue weighted by atomic mass is 10.1. The Balaban J connectivity index is 2.33. The average Bonchev–Trinajstić information content (AvgIpc) is 2.41. The first-order valence-corrected chi connectivity index (χ1v) is 5.58. The number of hydrogen-bond donors (Lipinski definition) is 1. The van der Waals surface area contributed by atoms with Crippen LogP contribution in [0.5, 0.6) is 0 Å². The van der Waals surface area contributed by atoms with Crippen molar-refractivity contribution in [2.24, 2.45) is 0 Å². The number of anilines is 1. The summed E-state index contributed by atoms with van der Waals surface area (Å²) in [5.74, 6) is -3.61. The fourth-order valence-corrected chi connectivity index (χ4v) is 1.62. The van der Waals surface area contributed by atoms with Gasteiger partial charge < -0.3 is 5.32 Å². The van der Waals surface area contributed by atoms with Crippen LogP contribution in [0.15, 0.2) is 36.4 Å². The number of halogens is 5. The zero-order valence-corrected chi connectivity index (χ0v) is 10.2. The number of alkyl halides is 3. The highest BCUT2D eigenvalue weighted by molar-refractivity contribution is 6.05. The van der Waals surface area contributed by atoms with E-state index in [4.69, 9.17) is 0 Å². The molecule has 0 fully saturated rings. The smallest absolute Gasteiger partial charge is 0.318 e. The summed E-state index contributed by atoms with van der Waals surface area (Å²) < 4.78 is 64.2. The molecule has 0 unspecified atom stereocenters. The molecule has 3 nitrogen and oxygen atoms in total. The summed E-state index contributed by atoms with van der Waals surface area (Å²) in [6.07, 6.45) is -4.73.